The number of carbonyl (C=O) groups excluding carboxylic acids is 2. The van der Waals surface area contributed by atoms with Crippen LogP contribution >= 0.6 is 0 Å². The molecule has 2 fully saturated rings. The summed E-state index contributed by atoms with van der Waals surface area (Å²) in [5.74, 6) is 0.412. The van der Waals surface area contributed by atoms with Crippen LogP contribution < -0.4 is 5.32 Å². The standard InChI is InChI=1S/C25H29N5O4S/c31-23(29-12-4-1-5-13-29)18-28-14-16-30(17-15-28)25(32)19-8-10-20(11-9-19)26-24-21-6-2-3-7-22(21)35(33,34)27-24/h2-3,6-11H,1,4-5,12-18H2,(H,26,27). The van der Waals surface area contributed by atoms with E-state index >= 15 is 0 Å². The van der Waals surface area contributed by atoms with E-state index < -0.39 is 10.0 Å². The highest BCUT2D eigenvalue weighted by atomic mass is 32.2. The summed E-state index contributed by atoms with van der Waals surface area (Å²) in [5.41, 5.74) is 1.74. The molecular weight excluding hydrogens is 466 g/mol. The average molecular weight is 496 g/mol. The van der Waals surface area contributed by atoms with Crippen LogP contribution in [0, 0.1) is 0 Å². The van der Waals surface area contributed by atoms with Gasteiger partial charge in [-0.3, -0.25) is 14.5 Å². The average Bonchev–Trinajstić information content (AvgIpc) is 3.14. The van der Waals surface area contributed by atoms with Crippen molar-refractivity contribution in [2.75, 3.05) is 51.1 Å². The maximum Gasteiger partial charge on any atom is 0.285 e. The molecule has 0 radical (unpaired) electrons. The summed E-state index contributed by atoms with van der Waals surface area (Å²) in [6, 6.07) is 13.6. The Hall–Kier alpha value is -3.24. The Morgan fingerprint density at radius 1 is 0.829 bits per heavy atom. The zero-order chi connectivity index (χ0) is 24.4. The number of likely N-dealkylation sites (tertiary alicyclic amines) is 1. The predicted octanol–water partition coefficient (Wildman–Crippen LogP) is 2.02. The van der Waals surface area contributed by atoms with Crippen molar-refractivity contribution in [3.05, 3.63) is 59.7 Å². The normalized spacial score (nSPS) is 19.7. The molecule has 0 spiro atoms. The first-order chi connectivity index (χ1) is 16.9. The van der Waals surface area contributed by atoms with Gasteiger partial charge in [-0.05, 0) is 55.7 Å². The third kappa shape index (κ3) is 5.08. The molecular formula is C25H29N5O4S. The van der Waals surface area contributed by atoms with Gasteiger partial charge in [0.1, 0.15) is 4.90 Å². The molecule has 3 aliphatic heterocycles. The lowest BCUT2D eigenvalue weighted by atomic mass is 10.1. The van der Waals surface area contributed by atoms with E-state index in [9.17, 15) is 18.0 Å². The van der Waals surface area contributed by atoms with Crippen molar-refractivity contribution in [1.82, 2.24) is 14.7 Å². The number of amides is 2. The maximum atomic E-state index is 13.0. The number of piperidine rings is 1. The number of sulfonamides is 1. The van der Waals surface area contributed by atoms with Gasteiger partial charge < -0.3 is 15.1 Å². The highest BCUT2D eigenvalue weighted by Gasteiger charge is 2.29. The van der Waals surface area contributed by atoms with Crippen LogP contribution in [-0.2, 0) is 14.8 Å². The van der Waals surface area contributed by atoms with Crippen molar-refractivity contribution in [1.29, 1.82) is 0 Å². The van der Waals surface area contributed by atoms with Gasteiger partial charge >= 0.3 is 0 Å². The van der Waals surface area contributed by atoms with Crippen LogP contribution in [-0.4, -0.2) is 86.6 Å². The number of carbonyl (C=O) groups is 2. The number of hydrogen-bond donors (Lipinski definition) is 1. The van der Waals surface area contributed by atoms with Crippen LogP contribution in [0.15, 0.2) is 57.8 Å². The molecule has 2 aromatic rings. The molecule has 35 heavy (non-hydrogen) atoms. The van der Waals surface area contributed by atoms with E-state index in [0.29, 0.717) is 49.5 Å². The molecule has 2 aromatic carbocycles. The largest absolute Gasteiger partial charge is 0.342 e. The summed E-state index contributed by atoms with van der Waals surface area (Å²) in [6.07, 6.45) is 3.37. The predicted molar refractivity (Wildman–Crippen MR) is 133 cm³/mol. The van der Waals surface area contributed by atoms with Crippen LogP contribution in [0.25, 0.3) is 0 Å². The first kappa shape index (κ1) is 23.5. The molecule has 0 saturated carbocycles. The van der Waals surface area contributed by atoms with Gasteiger partial charge in [0.2, 0.25) is 5.91 Å². The van der Waals surface area contributed by atoms with Gasteiger partial charge in [-0.15, -0.1) is 4.40 Å². The van der Waals surface area contributed by atoms with Gasteiger partial charge in [-0.25, -0.2) is 0 Å². The minimum Gasteiger partial charge on any atom is -0.342 e. The molecule has 2 saturated heterocycles. The fourth-order valence-electron chi connectivity index (χ4n) is 4.75. The Morgan fingerprint density at radius 2 is 1.51 bits per heavy atom. The molecule has 2 amide bonds. The number of nitrogens with zero attached hydrogens (tertiary/aromatic N) is 4. The number of hydrogen-bond acceptors (Lipinski definition) is 6. The van der Waals surface area contributed by atoms with Crippen LogP contribution in [0.2, 0.25) is 0 Å². The lowest BCUT2D eigenvalue weighted by Gasteiger charge is -2.36. The SMILES string of the molecule is O=C(CN1CCN(C(=O)c2ccc(NC3=NS(=O)(=O)c4ccccc43)cc2)CC1)N1CCCCC1. The molecule has 9 nitrogen and oxygen atoms in total. The third-order valence-electron chi connectivity index (χ3n) is 6.75. The molecule has 184 valence electrons. The van der Waals surface area contributed by atoms with Gasteiger partial charge in [0.15, 0.2) is 5.84 Å². The van der Waals surface area contributed by atoms with Crippen LogP contribution in [0.5, 0.6) is 0 Å². The summed E-state index contributed by atoms with van der Waals surface area (Å²) >= 11 is 0. The number of piperazine rings is 1. The van der Waals surface area contributed by atoms with Gasteiger partial charge in [0, 0.05) is 56.1 Å². The number of nitrogens with one attached hydrogen (secondary N) is 1. The molecule has 10 heteroatoms. The monoisotopic (exact) mass is 495 g/mol. The zero-order valence-electron chi connectivity index (χ0n) is 19.5. The van der Waals surface area contributed by atoms with E-state index in [0.717, 1.165) is 25.9 Å². The van der Waals surface area contributed by atoms with Crippen molar-refractivity contribution in [2.45, 2.75) is 24.2 Å². The van der Waals surface area contributed by atoms with Crippen molar-refractivity contribution >= 4 is 33.4 Å². The number of fused-ring (bicyclic) bond motifs is 1. The maximum absolute atomic E-state index is 13.0. The third-order valence-corrected chi connectivity index (χ3v) is 8.09. The first-order valence-corrected chi connectivity index (χ1v) is 13.5. The molecule has 3 heterocycles. The second kappa shape index (κ2) is 9.79. The van der Waals surface area contributed by atoms with Gasteiger partial charge in [0.05, 0.1) is 6.54 Å². The summed E-state index contributed by atoms with van der Waals surface area (Å²) in [7, 11) is -3.69. The zero-order valence-corrected chi connectivity index (χ0v) is 20.3. The molecule has 3 aliphatic rings. The second-order valence-corrected chi connectivity index (χ2v) is 10.7. The number of benzene rings is 2. The molecule has 0 atom stereocenters. The van der Waals surface area contributed by atoms with Crippen LogP contribution in [0.4, 0.5) is 5.69 Å². The highest BCUT2D eigenvalue weighted by Crippen LogP contribution is 2.26. The Bertz CT molecular complexity index is 1240. The summed E-state index contributed by atoms with van der Waals surface area (Å²) < 4.78 is 28.3. The van der Waals surface area contributed by atoms with Crippen LogP contribution in [0.3, 0.4) is 0 Å². The molecule has 0 unspecified atom stereocenters. The van der Waals surface area contributed by atoms with Gasteiger partial charge in [-0.2, -0.15) is 8.42 Å². The van der Waals surface area contributed by atoms with Gasteiger partial charge in [-0.1, -0.05) is 12.1 Å². The van der Waals surface area contributed by atoms with E-state index in [4.69, 9.17) is 0 Å². The Kier molecular flexibility index (Phi) is 6.57. The number of amidine groups is 1. The second-order valence-electron chi connectivity index (χ2n) is 9.12. The minimum absolute atomic E-state index is 0.0512. The number of rotatable bonds is 4. The van der Waals surface area contributed by atoms with Crippen molar-refractivity contribution in [2.24, 2.45) is 4.40 Å². The lowest BCUT2D eigenvalue weighted by molar-refractivity contribution is -0.133. The van der Waals surface area contributed by atoms with E-state index in [-0.39, 0.29) is 22.5 Å². The minimum atomic E-state index is -3.69. The molecule has 0 aromatic heterocycles. The summed E-state index contributed by atoms with van der Waals surface area (Å²) in [5, 5.41) is 3.05. The van der Waals surface area contributed by atoms with Crippen molar-refractivity contribution in [3.8, 4) is 0 Å². The van der Waals surface area contributed by atoms with E-state index in [1.165, 1.54) is 12.5 Å². The van der Waals surface area contributed by atoms with Crippen molar-refractivity contribution in [3.63, 3.8) is 0 Å². The van der Waals surface area contributed by atoms with Crippen molar-refractivity contribution < 1.29 is 18.0 Å². The smallest absolute Gasteiger partial charge is 0.285 e. The Labute approximate surface area is 205 Å². The molecule has 5 rings (SSSR count). The van der Waals surface area contributed by atoms with E-state index in [1.54, 1.807) is 42.5 Å². The quantitative estimate of drug-likeness (QED) is 0.696. The molecule has 0 aliphatic carbocycles. The molecule has 0 bridgehead atoms. The number of anilines is 1. The Morgan fingerprint density at radius 3 is 2.23 bits per heavy atom. The topological polar surface area (TPSA) is 102 Å². The Balaban J connectivity index is 1.16. The summed E-state index contributed by atoms with van der Waals surface area (Å²) in [4.78, 5) is 31.6. The highest BCUT2D eigenvalue weighted by molar-refractivity contribution is 7.90. The lowest BCUT2D eigenvalue weighted by Crippen LogP contribution is -2.52. The van der Waals surface area contributed by atoms with Crippen LogP contribution in [0.1, 0.15) is 35.2 Å². The summed E-state index contributed by atoms with van der Waals surface area (Å²) in [6.45, 7) is 4.66. The fraction of sp³-hybridized carbons (Fsp3) is 0.400. The first-order valence-electron chi connectivity index (χ1n) is 12.0. The fourth-order valence-corrected chi connectivity index (χ4v) is 5.93. The van der Waals surface area contributed by atoms with E-state index in [1.807, 2.05) is 9.80 Å². The molecule has 1 N–H and O–H groups in total. The van der Waals surface area contributed by atoms with E-state index in [2.05, 4.69) is 14.6 Å². The van der Waals surface area contributed by atoms with Gasteiger partial charge in [0.25, 0.3) is 15.9 Å².